The first kappa shape index (κ1) is 21.5. The fraction of sp³-hybridized carbons (Fsp3) is 0.214. The zero-order chi connectivity index (χ0) is 23.3. The molecule has 0 radical (unpaired) electrons. The van der Waals surface area contributed by atoms with E-state index in [-0.39, 0.29) is 17.1 Å². The predicted octanol–water partition coefficient (Wildman–Crippen LogP) is 6.19. The van der Waals surface area contributed by atoms with Crippen molar-refractivity contribution in [3.63, 3.8) is 0 Å². The lowest BCUT2D eigenvalue weighted by atomic mass is 9.97. The number of benzene rings is 3. The molecule has 0 bridgehead atoms. The summed E-state index contributed by atoms with van der Waals surface area (Å²) in [7, 11) is 0. The molecule has 0 saturated heterocycles. The highest BCUT2D eigenvalue weighted by atomic mass is 32.2. The molecule has 0 aliphatic carbocycles. The minimum atomic E-state index is -0.494. The van der Waals surface area contributed by atoms with Crippen molar-refractivity contribution in [1.82, 2.24) is 4.90 Å². The van der Waals surface area contributed by atoms with Crippen LogP contribution in [0.5, 0.6) is 0 Å². The number of rotatable bonds is 4. The van der Waals surface area contributed by atoms with Gasteiger partial charge in [0.2, 0.25) is 5.76 Å². The fourth-order valence-electron chi connectivity index (χ4n) is 4.66. The molecule has 1 unspecified atom stereocenters. The average Bonchev–Trinajstić information content (AvgIpc) is 3.08. The normalized spacial score (nSPS) is 15.3. The van der Waals surface area contributed by atoms with Gasteiger partial charge < -0.3 is 9.32 Å². The largest absolute Gasteiger partial charge is 0.450 e. The van der Waals surface area contributed by atoms with Gasteiger partial charge in [0, 0.05) is 11.4 Å². The van der Waals surface area contributed by atoms with Gasteiger partial charge in [-0.1, -0.05) is 48.0 Å². The van der Waals surface area contributed by atoms with Crippen LogP contribution in [0.1, 0.15) is 50.0 Å². The van der Waals surface area contributed by atoms with Crippen LogP contribution in [0.15, 0.2) is 74.8 Å². The Morgan fingerprint density at radius 1 is 0.909 bits per heavy atom. The van der Waals surface area contributed by atoms with E-state index in [2.05, 4.69) is 0 Å². The molecule has 5 heteroatoms. The third-order valence-corrected chi connectivity index (χ3v) is 7.05. The van der Waals surface area contributed by atoms with Crippen LogP contribution in [0.2, 0.25) is 0 Å². The second-order valence-electron chi connectivity index (χ2n) is 8.73. The summed E-state index contributed by atoms with van der Waals surface area (Å²) in [5.74, 6) is -0.0889. The number of fused-ring (bicyclic) bond motifs is 2. The van der Waals surface area contributed by atoms with E-state index in [1.165, 1.54) is 0 Å². The van der Waals surface area contributed by atoms with Gasteiger partial charge in [-0.25, -0.2) is 0 Å². The maximum atomic E-state index is 13.8. The van der Waals surface area contributed by atoms with Crippen LogP contribution < -0.4 is 5.43 Å². The molecule has 2 heterocycles. The zero-order valence-corrected chi connectivity index (χ0v) is 20.0. The molecule has 0 saturated carbocycles. The van der Waals surface area contributed by atoms with E-state index < -0.39 is 6.04 Å². The van der Waals surface area contributed by atoms with Gasteiger partial charge in [0.15, 0.2) is 5.43 Å². The summed E-state index contributed by atoms with van der Waals surface area (Å²) in [5, 5.41) is 0.530. The number of aryl methyl sites for hydroxylation is 3. The van der Waals surface area contributed by atoms with Crippen LogP contribution in [0.3, 0.4) is 0 Å². The summed E-state index contributed by atoms with van der Waals surface area (Å²) in [6.07, 6.45) is 2.03. The average molecular weight is 456 g/mol. The molecule has 0 fully saturated rings. The van der Waals surface area contributed by atoms with Gasteiger partial charge in [-0.15, -0.1) is 11.8 Å². The molecule has 33 heavy (non-hydrogen) atoms. The maximum Gasteiger partial charge on any atom is 0.291 e. The van der Waals surface area contributed by atoms with Gasteiger partial charge in [0.05, 0.1) is 17.0 Å². The molecule has 4 aromatic rings. The van der Waals surface area contributed by atoms with Crippen molar-refractivity contribution in [2.75, 3.05) is 6.26 Å². The van der Waals surface area contributed by atoms with Crippen molar-refractivity contribution >= 4 is 28.6 Å². The van der Waals surface area contributed by atoms with Crippen molar-refractivity contribution < 1.29 is 9.21 Å². The van der Waals surface area contributed by atoms with Gasteiger partial charge in [-0.3, -0.25) is 9.59 Å². The zero-order valence-electron chi connectivity index (χ0n) is 19.1. The second kappa shape index (κ2) is 8.23. The third-order valence-electron chi connectivity index (χ3n) is 6.30. The Bertz CT molecular complexity index is 1440. The first-order valence-corrected chi connectivity index (χ1v) is 12.2. The van der Waals surface area contributed by atoms with Gasteiger partial charge in [0.1, 0.15) is 5.58 Å². The van der Waals surface area contributed by atoms with Crippen molar-refractivity contribution in [1.29, 1.82) is 0 Å². The van der Waals surface area contributed by atoms with Crippen molar-refractivity contribution in [3.05, 3.63) is 110 Å². The molecular weight excluding hydrogens is 430 g/mol. The fourth-order valence-corrected chi connectivity index (χ4v) is 5.07. The summed E-state index contributed by atoms with van der Waals surface area (Å²) < 4.78 is 6.17. The second-order valence-corrected chi connectivity index (χ2v) is 9.61. The minimum absolute atomic E-state index is 0.128. The topological polar surface area (TPSA) is 50.5 Å². The molecule has 5 rings (SSSR count). The number of nitrogens with zero attached hydrogens (tertiary/aromatic N) is 1. The Kier molecular flexibility index (Phi) is 5.37. The smallest absolute Gasteiger partial charge is 0.291 e. The van der Waals surface area contributed by atoms with Gasteiger partial charge >= 0.3 is 0 Å². The summed E-state index contributed by atoms with van der Waals surface area (Å²) in [6, 6.07) is 19.5. The highest BCUT2D eigenvalue weighted by molar-refractivity contribution is 7.98. The summed E-state index contributed by atoms with van der Waals surface area (Å²) in [4.78, 5) is 30.3. The minimum Gasteiger partial charge on any atom is -0.450 e. The summed E-state index contributed by atoms with van der Waals surface area (Å²) in [6.45, 7) is 6.31. The van der Waals surface area contributed by atoms with E-state index in [9.17, 15) is 9.59 Å². The van der Waals surface area contributed by atoms with Crippen LogP contribution in [-0.4, -0.2) is 17.1 Å². The number of hydrogen-bond donors (Lipinski definition) is 0. The number of hydrogen-bond acceptors (Lipinski definition) is 4. The van der Waals surface area contributed by atoms with E-state index in [1.54, 1.807) is 16.7 Å². The molecule has 1 aliphatic rings. The third kappa shape index (κ3) is 3.66. The van der Waals surface area contributed by atoms with E-state index >= 15 is 0 Å². The van der Waals surface area contributed by atoms with E-state index in [1.807, 2.05) is 87.7 Å². The highest BCUT2D eigenvalue weighted by Crippen LogP contribution is 2.40. The number of carbonyl (C=O) groups excluding carboxylic acids is 1. The predicted molar refractivity (Wildman–Crippen MR) is 133 cm³/mol. The maximum absolute atomic E-state index is 13.8. The van der Waals surface area contributed by atoms with Crippen LogP contribution in [-0.2, 0) is 6.54 Å². The molecule has 1 aromatic heterocycles. The number of carbonyl (C=O) groups is 1. The van der Waals surface area contributed by atoms with E-state index in [0.29, 0.717) is 23.1 Å². The molecule has 166 valence electrons. The van der Waals surface area contributed by atoms with Crippen molar-refractivity contribution in [3.8, 4) is 0 Å². The van der Waals surface area contributed by atoms with Crippen LogP contribution >= 0.6 is 11.8 Å². The lowest BCUT2D eigenvalue weighted by molar-refractivity contribution is 0.0714. The lowest BCUT2D eigenvalue weighted by Crippen LogP contribution is -2.29. The highest BCUT2D eigenvalue weighted by Gasteiger charge is 2.42. The molecule has 0 spiro atoms. The Morgan fingerprint density at radius 3 is 2.27 bits per heavy atom. The van der Waals surface area contributed by atoms with Gasteiger partial charge in [-0.2, -0.15) is 0 Å². The van der Waals surface area contributed by atoms with Crippen molar-refractivity contribution in [2.24, 2.45) is 0 Å². The summed E-state index contributed by atoms with van der Waals surface area (Å²) >= 11 is 1.66. The quantitative estimate of drug-likeness (QED) is 0.345. The number of thioether (sulfide) groups is 1. The lowest BCUT2D eigenvalue weighted by Gasteiger charge is -2.25. The summed E-state index contributed by atoms with van der Waals surface area (Å²) in [5.41, 5.74) is 5.72. The van der Waals surface area contributed by atoms with E-state index in [4.69, 9.17) is 4.42 Å². The van der Waals surface area contributed by atoms with Gasteiger partial charge in [-0.05, 0) is 67.5 Å². The molecular formula is C28H25NO3S. The first-order valence-electron chi connectivity index (χ1n) is 11.0. The van der Waals surface area contributed by atoms with Crippen LogP contribution in [0, 0.1) is 20.8 Å². The Morgan fingerprint density at radius 2 is 1.61 bits per heavy atom. The standard InChI is InChI=1S/C28H25NO3S/c1-16-5-7-19(8-6-16)15-29-24(20-9-11-21(33-4)12-10-20)23-25(30)22-14-17(2)13-18(3)26(22)32-27(23)28(29)31/h5-14,24H,15H2,1-4H3. The van der Waals surface area contributed by atoms with E-state index in [0.717, 1.165) is 32.7 Å². The van der Waals surface area contributed by atoms with Gasteiger partial charge in [0.25, 0.3) is 5.91 Å². The molecule has 1 atom stereocenters. The Labute approximate surface area is 197 Å². The SMILES string of the molecule is CSc1ccc(C2c3c(oc4c(C)cc(C)cc4c3=O)C(=O)N2Cc2ccc(C)cc2)cc1. The van der Waals surface area contributed by atoms with Crippen LogP contribution in [0.4, 0.5) is 0 Å². The molecule has 3 aromatic carbocycles. The first-order chi connectivity index (χ1) is 15.9. The van der Waals surface area contributed by atoms with Crippen molar-refractivity contribution in [2.45, 2.75) is 38.3 Å². The van der Waals surface area contributed by atoms with Crippen LogP contribution in [0.25, 0.3) is 11.0 Å². The molecule has 4 nitrogen and oxygen atoms in total. The molecule has 1 amide bonds. The monoisotopic (exact) mass is 455 g/mol. The molecule has 1 aliphatic heterocycles. The Balaban J connectivity index is 1.73. The number of amides is 1. The molecule has 0 N–H and O–H groups in total. The Hall–Kier alpha value is -3.31.